The zero-order chi connectivity index (χ0) is 15.4. The molecule has 0 heterocycles. The predicted molar refractivity (Wildman–Crippen MR) is 94.0 cm³/mol. The molecule has 110 valence electrons. The van der Waals surface area contributed by atoms with Crippen molar-refractivity contribution >= 4 is 35.5 Å². The van der Waals surface area contributed by atoms with Crippen molar-refractivity contribution in [3.8, 4) is 0 Å². The van der Waals surface area contributed by atoms with Gasteiger partial charge in [-0.15, -0.1) is 0 Å². The van der Waals surface area contributed by atoms with Gasteiger partial charge in [0.25, 0.3) is 0 Å². The number of aliphatic carboxylic acids is 1. The molecule has 23 heavy (non-hydrogen) atoms. The molecule has 0 aromatic heterocycles. The summed E-state index contributed by atoms with van der Waals surface area (Å²) in [5.41, 5.74) is 1.05. The first-order valence-corrected chi connectivity index (χ1v) is 7.16. The van der Waals surface area contributed by atoms with Gasteiger partial charge in [-0.3, -0.25) is 4.79 Å². The zero-order valence-electron chi connectivity index (χ0n) is 12.0. The van der Waals surface area contributed by atoms with E-state index in [1.54, 1.807) is 0 Å². The van der Waals surface area contributed by atoms with Crippen LogP contribution in [-0.2, 0) is 10.2 Å². The summed E-state index contributed by atoms with van der Waals surface area (Å²) in [4.78, 5) is 12.4. The van der Waals surface area contributed by atoms with Gasteiger partial charge < -0.3 is 5.11 Å². The van der Waals surface area contributed by atoms with E-state index in [0.29, 0.717) is 0 Å². The van der Waals surface area contributed by atoms with Gasteiger partial charge in [0.05, 0.1) is 0 Å². The Morgan fingerprint density at radius 3 is 1.09 bits per heavy atom. The van der Waals surface area contributed by atoms with Crippen molar-refractivity contribution in [1.29, 1.82) is 0 Å². The molecule has 0 saturated carbocycles. The number of carboxylic acids is 1. The van der Waals surface area contributed by atoms with Gasteiger partial charge in [-0.25, -0.2) is 0 Å². The first kappa shape index (κ1) is 17.5. The van der Waals surface area contributed by atoms with Crippen molar-refractivity contribution in [3.05, 3.63) is 108 Å². The summed E-state index contributed by atoms with van der Waals surface area (Å²) in [7, 11) is 0. The molecular weight excluding hydrogens is 295 g/mol. The van der Waals surface area contributed by atoms with Gasteiger partial charge >= 0.3 is 35.5 Å². The second-order valence-corrected chi connectivity index (χ2v) is 5.15. The Balaban J connectivity index is 0.00000192. The van der Waals surface area contributed by atoms with E-state index in [1.165, 1.54) is 0 Å². The maximum absolute atomic E-state index is 12.4. The molecule has 0 aliphatic carbocycles. The average molecular weight is 312 g/mol. The molecule has 0 bridgehead atoms. The van der Waals surface area contributed by atoms with Crippen LogP contribution >= 0.6 is 0 Å². The van der Waals surface area contributed by atoms with Gasteiger partial charge in [0.2, 0.25) is 0 Å². The molecule has 0 spiro atoms. The summed E-state index contributed by atoms with van der Waals surface area (Å²) in [5, 5.41) is 10.2. The summed E-state index contributed by atoms with van der Waals surface area (Å²) in [6, 6.07) is 28.1. The number of rotatable bonds is 4. The molecule has 3 heteroatoms. The molecule has 0 aliphatic rings. The van der Waals surface area contributed by atoms with Crippen LogP contribution < -0.4 is 0 Å². The molecule has 0 saturated heterocycles. The van der Waals surface area contributed by atoms with Gasteiger partial charge in [0, 0.05) is 0 Å². The molecule has 0 unspecified atom stereocenters. The van der Waals surface area contributed by atoms with E-state index >= 15 is 0 Å². The first-order valence-electron chi connectivity index (χ1n) is 7.16. The summed E-state index contributed by atoms with van der Waals surface area (Å²) >= 11 is 0. The van der Waals surface area contributed by atoms with E-state index in [-0.39, 0.29) is 29.6 Å². The molecule has 0 aliphatic heterocycles. The Morgan fingerprint density at radius 2 is 0.870 bits per heavy atom. The number of carboxylic acid groups (broad SMARTS) is 1. The van der Waals surface area contributed by atoms with Crippen LogP contribution in [0.5, 0.6) is 0 Å². The third kappa shape index (κ3) is 3.11. The standard InChI is InChI=1S/C20H16O2.Na.H/c21-19(22)20(16-10-4-1-5-11-16,17-12-6-2-7-13-17)18-14-8-3-9-15-18;;/h1-15H,(H,21,22);;. The third-order valence-corrected chi connectivity index (χ3v) is 3.94. The average Bonchev–Trinajstić information content (AvgIpc) is 2.58. The number of hydrogen-bond donors (Lipinski definition) is 1. The van der Waals surface area contributed by atoms with Gasteiger partial charge in [0.15, 0.2) is 0 Å². The van der Waals surface area contributed by atoms with Crippen LogP contribution in [0.4, 0.5) is 0 Å². The Hall–Kier alpha value is -1.87. The molecular formula is C20H17NaO2. The molecule has 3 aromatic rings. The Labute approximate surface area is 158 Å². The quantitative estimate of drug-likeness (QED) is 0.592. The monoisotopic (exact) mass is 312 g/mol. The summed E-state index contributed by atoms with van der Waals surface area (Å²) in [6.45, 7) is 0. The van der Waals surface area contributed by atoms with E-state index in [4.69, 9.17) is 0 Å². The van der Waals surface area contributed by atoms with Crippen LogP contribution in [0.2, 0.25) is 0 Å². The van der Waals surface area contributed by atoms with E-state index in [0.717, 1.165) is 16.7 Å². The van der Waals surface area contributed by atoms with Crippen molar-refractivity contribution in [3.63, 3.8) is 0 Å². The molecule has 3 rings (SSSR count). The SMILES string of the molecule is O=C(O)C(c1ccccc1)(c1ccccc1)c1ccccc1.[NaH]. The topological polar surface area (TPSA) is 37.3 Å². The van der Waals surface area contributed by atoms with Gasteiger partial charge in [-0.2, -0.15) is 0 Å². The molecule has 0 amide bonds. The number of benzene rings is 3. The van der Waals surface area contributed by atoms with Crippen LogP contribution in [-0.4, -0.2) is 40.6 Å². The summed E-state index contributed by atoms with van der Waals surface area (Å²) in [5.74, 6) is -0.879. The first-order chi connectivity index (χ1) is 10.8. The Bertz CT molecular complexity index is 659. The van der Waals surface area contributed by atoms with Crippen LogP contribution in [0.3, 0.4) is 0 Å². The van der Waals surface area contributed by atoms with Crippen molar-refractivity contribution in [2.24, 2.45) is 0 Å². The summed E-state index contributed by atoms with van der Waals surface area (Å²) < 4.78 is 0. The Morgan fingerprint density at radius 1 is 0.609 bits per heavy atom. The summed E-state index contributed by atoms with van der Waals surface area (Å²) in [6.07, 6.45) is 0. The molecule has 0 radical (unpaired) electrons. The molecule has 0 fully saturated rings. The molecule has 1 N–H and O–H groups in total. The second-order valence-electron chi connectivity index (χ2n) is 5.15. The van der Waals surface area contributed by atoms with Crippen LogP contribution in [0, 0.1) is 0 Å². The van der Waals surface area contributed by atoms with E-state index < -0.39 is 11.4 Å². The van der Waals surface area contributed by atoms with Crippen LogP contribution in [0.1, 0.15) is 16.7 Å². The fourth-order valence-corrected chi connectivity index (χ4v) is 2.93. The molecule has 2 nitrogen and oxygen atoms in total. The Kier molecular flexibility index (Phi) is 5.78. The van der Waals surface area contributed by atoms with Crippen molar-refractivity contribution in [2.45, 2.75) is 5.41 Å². The van der Waals surface area contributed by atoms with Crippen molar-refractivity contribution in [2.75, 3.05) is 0 Å². The van der Waals surface area contributed by atoms with Gasteiger partial charge in [-0.1, -0.05) is 91.0 Å². The van der Waals surface area contributed by atoms with E-state index in [9.17, 15) is 9.90 Å². The number of carbonyl (C=O) groups is 1. The van der Waals surface area contributed by atoms with Crippen LogP contribution in [0.15, 0.2) is 91.0 Å². The van der Waals surface area contributed by atoms with Crippen molar-refractivity contribution < 1.29 is 9.90 Å². The van der Waals surface area contributed by atoms with Crippen molar-refractivity contribution in [1.82, 2.24) is 0 Å². The molecule has 0 atom stereocenters. The second kappa shape index (κ2) is 7.60. The minimum atomic E-state index is -1.20. The van der Waals surface area contributed by atoms with Gasteiger partial charge in [-0.05, 0) is 16.7 Å². The fraction of sp³-hybridized carbons (Fsp3) is 0.0500. The van der Waals surface area contributed by atoms with E-state index in [1.807, 2.05) is 91.0 Å². The maximum atomic E-state index is 12.4. The normalized spacial score (nSPS) is 10.6. The predicted octanol–water partition coefficient (Wildman–Crippen LogP) is 3.46. The zero-order valence-corrected chi connectivity index (χ0v) is 12.0. The van der Waals surface area contributed by atoms with E-state index in [2.05, 4.69) is 0 Å². The minimum absolute atomic E-state index is 0. The number of hydrogen-bond acceptors (Lipinski definition) is 1. The van der Waals surface area contributed by atoms with Crippen LogP contribution in [0.25, 0.3) is 0 Å². The molecule has 3 aromatic carbocycles. The fourth-order valence-electron chi connectivity index (χ4n) is 2.93. The third-order valence-electron chi connectivity index (χ3n) is 3.94. The van der Waals surface area contributed by atoms with Gasteiger partial charge in [0.1, 0.15) is 5.41 Å².